The van der Waals surface area contributed by atoms with Crippen molar-refractivity contribution in [2.45, 2.75) is 19.0 Å². The molecule has 5 heterocycles. The summed E-state index contributed by atoms with van der Waals surface area (Å²) in [6.45, 7) is 3.83. The van der Waals surface area contributed by atoms with Gasteiger partial charge in [0.25, 0.3) is 5.91 Å². The molecule has 9 nitrogen and oxygen atoms in total. The minimum absolute atomic E-state index is 0.194. The minimum Gasteiger partial charge on any atom is -0.497 e. The van der Waals surface area contributed by atoms with Gasteiger partial charge in [-0.2, -0.15) is 0 Å². The zero-order chi connectivity index (χ0) is 27.6. The molecule has 0 saturated carbocycles. The van der Waals surface area contributed by atoms with Gasteiger partial charge in [-0.15, -0.1) is 0 Å². The lowest BCUT2D eigenvalue weighted by Crippen LogP contribution is -2.43. The Balaban J connectivity index is 1.25. The number of carbonyl (C=O) groups excluding carboxylic acids is 1. The SMILES string of the molecule is COc1ccc(C2c3c(nc4ccccn34)CCN2C(=O)COc2ccc(CN3CCOCC3)nc2Cl)c(F)c1. The van der Waals surface area contributed by atoms with Crippen LogP contribution >= 0.6 is 11.6 Å². The monoisotopic (exact) mass is 565 g/mol. The number of ether oxygens (including phenoxy) is 3. The summed E-state index contributed by atoms with van der Waals surface area (Å²) in [4.78, 5) is 26.7. The van der Waals surface area contributed by atoms with E-state index in [4.69, 9.17) is 30.8 Å². The lowest BCUT2D eigenvalue weighted by Gasteiger charge is -2.36. The van der Waals surface area contributed by atoms with E-state index in [1.54, 1.807) is 23.1 Å². The molecule has 0 spiro atoms. The Labute approximate surface area is 236 Å². The lowest BCUT2D eigenvalue weighted by atomic mass is 9.94. The molecule has 1 saturated heterocycles. The summed E-state index contributed by atoms with van der Waals surface area (Å²) < 4.78 is 33.8. The van der Waals surface area contributed by atoms with Gasteiger partial charge in [0.05, 0.1) is 37.4 Å². The third kappa shape index (κ3) is 5.22. The van der Waals surface area contributed by atoms with Gasteiger partial charge >= 0.3 is 0 Å². The number of carbonyl (C=O) groups is 1. The highest BCUT2D eigenvalue weighted by molar-refractivity contribution is 6.30. The van der Waals surface area contributed by atoms with Gasteiger partial charge in [0, 0.05) is 50.4 Å². The molecule has 0 bridgehead atoms. The molecule has 6 rings (SSSR count). The molecule has 1 unspecified atom stereocenters. The van der Waals surface area contributed by atoms with Gasteiger partial charge in [-0.05, 0) is 36.4 Å². The molecule has 0 aliphatic carbocycles. The molecule has 1 aromatic carbocycles. The fraction of sp³-hybridized carbons (Fsp3) is 0.345. The smallest absolute Gasteiger partial charge is 0.261 e. The van der Waals surface area contributed by atoms with Crippen molar-refractivity contribution in [2.75, 3.05) is 46.6 Å². The van der Waals surface area contributed by atoms with Gasteiger partial charge in [-0.1, -0.05) is 17.7 Å². The topological polar surface area (TPSA) is 81.4 Å². The number of aromatic nitrogens is 3. The molecule has 0 radical (unpaired) electrons. The van der Waals surface area contributed by atoms with Crippen molar-refractivity contribution >= 4 is 23.2 Å². The van der Waals surface area contributed by atoms with Crippen LogP contribution in [0.15, 0.2) is 54.7 Å². The quantitative estimate of drug-likeness (QED) is 0.314. The summed E-state index contributed by atoms with van der Waals surface area (Å²) in [6, 6.07) is 13.2. The van der Waals surface area contributed by atoms with E-state index >= 15 is 4.39 Å². The second kappa shape index (κ2) is 11.4. The number of methoxy groups -OCH3 is 1. The molecule has 1 amide bonds. The molecule has 0 N–H and O–H groups in total. The zero-order valence-corrected chi connectivity index (χ0v) is 22.8. The Morgan fingerprint density at radius 3 is 2.75 bits per heavy atom. The first-order valence-electron chi connectivity index (χ1n) is 13.2. The maximum absolute atomic E-state index is 15.5. The van der Waals surface area contributed by atoms with Crippen molar-refractivity contribution in [3.05, 3.63) is 88.3 Å². The number of fused-ring (bicyclic) bond motifs is 3. The van der Waals surface area contributed by atoms with Gasteiger partial charge in [-0.25, -0.2) is 14.4 Å². The largest absolute Gasteiger partial charge is 0.497 e. The van der Waals surface area contributed by atoms with Crippen molar-refractivity contribution in [1.29, 1.82) is 0 Å². The van der Waals surface area contributed by atoms with Gasteiger partial charge in [0.1, 0.15) is 23.3 Å². The summed E-state index contributed by atoms with van der Waals surface area (Å²) in [7, 11) is 1.49. The van der Waals surface area contributed by atoms with Crippen LogP contribution in [0, 0.1) is 5.82 Å². The van der Waals surface area contributed by atoms with Crippen molar-refractivity contribution in [3.8, 4) is 11.5 Å². The second-order valence-corrected chi connectivity index (χ2v) is 10.1. The van der Waals surface area contributed by atoms with Crippen LogP contribution in [0.5, 0.6) is 11.5 Å². The van der Waals surface area contributed by atoms with Crippen molar-refractivity contribution < 1.29 is 23.4 Å². The first-order chi connectivity index (χ1) is 19.5. The summed E-state index contributed by atoms with van der Waals surface area (Å²) in [5.41, 5.74) is 3.50. The number of benzene rings is 1. The molecule has 1 atom stereocenters. The molecule has 2 aliphatic heterocycles. The molecule has 3 aromatic heterocycles. The average molecular weight is 566 g/mol. The number of halogens is 2. The number of amides is 1. The van der Waals surface area contributed by atoms with Crippen LogP contribution in [0.2, 0.25) is 5.15 Å². The third-order valence-corrected chi connectivity index (χ3v) is 7.61. The Kier molecular flexibility index (Phi) is 7.55. The van der Waals surface area contributed by atoms with E-state index in [0.29, 0.717) is 49.8 Å². The lowest BCUT2D eigenvalue weighted by molar-refractivity contribution is -0.135. The summed E-state index contributed by atoms with van der Waals surface area (Å²) in [6.07, 6.45) is 2.42. The van der Waals surface area contributed by atoms with Crippen LogP contribution in [-0.4, -0.2) is 76.6 Å². The van der Waals surface area contributed by atoms with Crippen LogP contribution in [0.4, 0.5) is 4.39 Å². The van der Waals surface area contributed by atoms with Crippen LogP contribution in [-0.2, 0) is 22.5 Å². The van der Waals surface area contributed by atoms with Gasteiger partial charge in [0.15, 0.2) is 17.5 Å². The number of rotatable bonds is 7. The highest BCUT2D eigenvalue weighted by Gasteiger charge is 2.37. The predicted octanol–water partition coefficient (Wildman–Crippen LogP) is 3.92. The maximum atomic E-state index is 15.5. The number of hydrogen-bond donors (Lipinski definition) is 0. The molecule has 11 heteroatoms. The van der Waals surface area contributed by atoms with E-state index in [1.807, 2.05) is 34.9 Å². The standard InChI is InChI=1S/C29H29ClFN5O4/c1-38-20-6-7-21(22(31)16-20)27-28-23(33-25-4-2-3-10-35(25)28)9-11-36(27)26(37)18-40-24-8-5-19(32-29(24)30)17-34-12-14-39-15-13-34/h2-8,10,16,27H,9,11-15,17-18H2,1H3. The zero-order valence-electron chi connectivity index (χ0n) is 22.1. The number of hydrogen-bond acceptors (Lipinski definition) is 7. The first kappa shape index (κ1) is 26.5. The van der Waals surface area contributed by atoms with Crippen LogP contribution in [0.25, 0.3) is 5.65 Å². The van der Waals surface area contributed by atoms with E-state index in [1.165, 1.54) is 13.2 Å². The first-order valence-corrected chi connectivity index (χ1v) is 13.6. The molecule has 40 heavy (non-hydrogen) atoms. The highest BCUT2D eigenvalue weighted by Crippen LogP contribution is 2.38. The number of morpholine rings is 1. The molecule has 208 valence electrons. The van der Waals surface area contributed by atoms with Crippen LogP contribution in [0.1, 0.15) is 28.7 Å². The highest BCUT2D eigenvalue weighted by atomic mass is 35.5. The van der Waals surface area contributed by atoms with Crippen molar-refractivity contribution in [3.63, 3.8) is 0 Å². The summed E-state index contributed by atoms with van der Waals surface area (Å²) >= 11 is 6.43. The van der Waals surface area contributed by atoms with E-state index in [9.17, 15) is 4.79 Å². The number of pyridine rings is 2. The Morgan fingerprint density at radius 1 is 1.12 bits per heavy atom. The average Bonchev–Trinajstić information content (AvgIpc) is 3.35. The maximum Gasteiger partial charge on any atom is 0.261 e. The minimum atomic E-state index is -0.701. The van der Waals surface area contributed by atoms with Crippen LogP contribution < -0.4 is 9.47 Å². The normalized spacial score (nSPS) is 17.6. The van der Waals surface area contributed by atoms with Crippen molar-refractivity contribution in [1.82, 2.24) is 24.2 Å². The summed E-state index contributed by atoms with van der Waals surface area (Å²) in [5.74, 6) is -0.0497. The molecular weight excluding hydrogens is 537 g/mol. The van der Waals surface area contributed by atoms with Gasteiger partial charge in [0.2, 0.25) is 0 Å². The van der Waals surface area contributed by atoms with Crippen molar-refractivity contribution in [2.24, 2.45) is 0 Å². The summed E-state index contributed by atoms with van der Waals surface area (Å²) in [5, 5.41) is 0.194. The number of imidazole rings is 1. The fourth-order valence-corrected chi connectivity index (χ4v) is 5.57. The Hall–Kier alpha value is -3.73. The molecular formula is C29H29ClFN5O4. The number of nitrogens with zero attached hydrogens (tertiary/aromatic N) is 5. The van der Waals surface area contributed by atoms with Gasteiger partial charge < -0.3 is 23.5 Å². The van der Waals surface area contributed by atoms with E-state index in [2.05, 4.69) is 9.88 Å². The predicted molar refractivity (Wildman–Crippen MR) is 146 cm³/mol. The van der Waals surface area contributed by atoms with Gasteiger partial charge in [-0.3, -0.25) is 9.69 Å². The van der Waals surface area contributed by atoms with E-state index in [-0.39, 0.29) is 17.7 Å². The Morgan fingerprint density at radius 2 is 1.98 bits per heavy atom. The molecule has 4 aromatic rings. The third-order valence-electron chi connectivity index (χ3n) is 7.34. The Bertz CT molecular complexity index is 1540. The van der Waals surface area contributed by atoms with E-state index < -0.39 is 11.9 Å². The fourth-order valence-electron chi connectivity index (χ4n) is 5.35. The van der Waals surface area contributed by atoms with E-state index in [0.717, 1.165) is 35.8 Å². The second-order valence-electron chi connectivity index (χ2n) is 9.77. The van der Waals surface area contributed by atoms with Crippen LogP contribution in [0.3, 0.4) is 0 Å². The molecule has 2 aliphatic rings. The molecule has 1 fully saturated rings.